The maximum atomic E-state index is 13.0. The van der Waals surface area contributed by atoms with Gasteiger partial charge in [-0.3, -0.25) is 4.79 Å². The molecule has 23 heavy (non-hydrogen) atoms. The molecule has 1 N–H and O–H groups in total. The molecule has 1 aromatic rings. The van der Waals surface area contributed by atoms with Crippen LogP contribution in [0.15, 0.2) is 23.1 Å². The lowest BCUT2D eigenvalue weighted by Gasteiger charge is -2.24. The second kappa shape index (κ2) is 5.10. The summed E-state index contributed by atoms with van der Waals surface area (Å²) >= 11 is 0. The summed E-state index contributed by atoms with van der Waals surface area (Å²) in [5.74, 6) is -0.582. The SMILES string of the molecule is O=C(O)C1CC2CCC1N2S(=O)(=O)c1ccc2c(c1)OCCO2. The number of aliphatic carboxylic acids is 1. The van der Waals surface area contributed by atoms with Gasteiger partial charge in [0.05, 0.1) is 10.8 Å². The third kappa shape index (κ3) is 2.20. The number of carbonyl (C=O) groups is 1. The monoisotopic (exact) mass is 339 g/mol. The summed E-state index contributed by atoms with van der Waals surface area (Å²) in [4.78, 5) is 11.5. The van der Waals surface area contributed by atoms with Crippen molar-refractivity contribution in [2.24, 2.45) is 5.92 Å². The summed E-state index contributed by atoms with van der Waals surface area (Å²) in [5, 5.41) is 9.29. The van der Waals surface area contributed by atoms with E-state index in [1.165, 1.54) is 16.4 Å². The first-order chi connectivity index (χ1) is 11.0. The second-order valence-corrected chi connectivity index (χ2v) is 7.96. The first-order valence-corrected chi connectivity index (χ1v) is 9.08. The molecular weight excluding hydrogens is 322 g/mol. The number of hydrogen-bond donors (Lipinski definition) is 1. The van der Waals surface area contributed by atoms with Crippen molar-refractivity contribution in [3.63, 3.8) is 0 Å². The van der Waals surface area contributed by atoms with Crippen molar-refractivity contribution in [3.05, 3.63) is 18.2 Å². The Morgan fingerprint density at radius 3 is 2.61 bits per heavy atom. The molecule has 3 atom stereocenters. The molecule has 3 heterocycles. The molecule has 4 rings (SSSR count). The van der Waals surface area contributed by atoms with E-state index in [-0.39, 0.29) is 10.9 Å². The van der Waals surface area contributed by atoms with Crippen LogP contribution in [-0.4, -0.2) is 49.1 Å². The molecule has 0 radical (unpaired) electrons. The van der Waals surface area contributed by atoms with Crippen LogP contribution in [0.3, 0.4) is 0 Å². The Labute approximate surface area is 133 Å². The van der Waals surface area contributed by atoms with Gasteiger partial charge >= 0.3 is 5.97 Å². The van der Waals surface area contributed by atoms with Gasteiger partial charge in [-0.25, -0.2) is 8.42 Å². The van der Waals surface area contributed by atoms with Gasteiger partial charge in [0.2, 0.25) is 10.0 Å². The first kappa shape index (κ1) is 14.8. The minimum absolute atomic E-state index is 0.129. The quantitative estimate of drug-likeness (QED) is 0.886. The number of rotatable bonds is 3. The van der Waals surface area contributed by atoms with E-state index in [2.05, 4.69) is 0 Å². The van der Waals surface area contributed by atoms with Crippen molar-refractivity contribution >= 4 is 16.0 Å². The fourth-order valence-electron chi connectivity index (χ4n) is 3.88. The average Bonchev–Trinajstić information content (AvgIpc) is 3.13. The standard InChI is InChI=1S/C15H17NO6S/c17-15(18)11-7-9-1-3-12(11)16(9)23(19,20)10-2-4-13-14(8-10)22-6-5-21-13/h2,4,8-9,11-12H,1,3,5-7H2,(H,17,18). The van der Waals surface area contributed by atoms with Crippen molar-refractivity contribution < 1.29 is 27.8 Å². The van der Waals surface area contributed by atoms with Crippen molar-refractivity contribution in [1.82, 2.24) is 4.31 Å². The van der Waals surface area contributed by atoms with Gasteiger partial charge in [-0.1, -0.05) is 0 Å². The fourth-order valence-corrected chi connectivity index (χ4v) is 5.82. The topological polar surface area (TPSA) is 93.1 Å². The molecule has 1 aromatic carbocycles. The van der Waals surface area contributed by atoms with Crippen molar-refractivity contribution in [1.29, 1.82) is 0 Å². The molecule has 2 bridgehead atoms. The van der Waals surface area contributed by atoms with Gasteiger partial charge in [0.1, 0.15) is 13.2 Å². The van der Waals surface area contributed by atoms with E-state index < -0.39 is 28.0 Å². The van der Waals surface area contributed by atoms with Gasteiger partial charge in [-0.15, -0.1) is 0 Å². The highest BCUT2D eigenvalue weighted by Crippen LogP contribution is 2.45. The van der Waals surface area contributed by atoms with Crippen molar-refractivity contribution in [3.8, 4) is 11.5 Å². The van der Waals surface area contributed by atoms with Crippen LogP contribution in [-0.2, 0) is 14.8 Å². The van der Waals surface area contributed by atoms with E-state index in [9.17, 15) is 18.3 Å². The molecule has 0 saturated carbocycles. The van der Waals surface area contributed by atoms with Crippen LogP contribution < -0.4 is 9.47 Å². The predicted molar refractivity (Wildman–Crippen MR) is 79.0 cm³/mol. The van der Waals surface area contributed by atoms with Crippen LogP contribution in [0.5, 0.6) is 11.5 Å². The molecule has 2 saturated heterocycles. The molecule has 7 nitrogen and oxygen atoms in total. The summed E-state index contributed by atoms with van der Waals surface area (Å²) in [7, 11) is -3.74. The second-order valence-electron chi connectivity index (χ2n) is 6.12. The molecule has 3 unspecified atom stereocenters. The molecule has 2 fully saturated rings. The van der Waals surface area contributed by atoms with Gasteiger partial charge in [0, 0.05) is 18.2 Å². The van der Waals surface area contributed by atoms with E-state index in [0.717, 1.165) is 6.42 Å². The number of benzene rings is 1. The largest absolute Gasteiger partial charge is 0.486 e. The third-order valence-electron chi connectivity index (χ3n) is 4.88. The Kier molecular flexibility index (Phi) is 3.28. The molecule has 124 valence electrons. The smallest absolute Gasteiger partial charge is 0.308 e. The van der Waals surface area contributed by atoms with Gasteiger partial charge in [-0.2, -0.15) is 4.31 Å². The Hall–Kier alpha value is -1.80. The molecule has 8 heteroatoms. The normalized spacial score (nSPS) is 29.7. The van der Waals surface area contributed by atoms with Crippen LogP contribution >= 0.6 is 0 Å². The molecule has 3 aliphatic heterocycles. The number of hydrogen-bond acceptors (Lipinski definition) is 5. The number of carboxylic acids is 1. The maximum Gasteiger partial charge on any atom is 0.308 e. The zero-order valence-electron chi connectivity index (χ0n) is 12.3. The molecule has 0 spiro atoms. The average molecular weight is 339 g/mol. The molecular formula is C15H17NO6S. The zero-order chi connectivity index (χ0) is 16.2. The van der Waals surface area contributed by atoms with Gasteiger partial charge in [-0.05, 0) is 31.4 Å². The highest BCUT2D eigenvalue weighted by atomic mass is 32.2. The lowest BCUT2D eigenvalue weighted by Crippen LogP contribution is -2.37. The van der Waals surface area contributed by atoms with Crippen LogP contribution in [0.2, 0.25) is 0 Å². The minimum Gasteiger partial charge on any atom is -0.486 e. The number of sulfonamides is 1. The van der Waals surface area contributed by atoms with Gasteiger partial charge < -0.3 is 14.6 Å². The predicted octanol–water partition coefficient (Wildman–Crippen LogP) is 1.08. The fraction of sp³-hybridized carbons (Fsp3) is 0.533. The highest BCUT2D eigenvalue weighted by molar-refractivity contribution is 7.89. The molecule has 3 aliphatic rings. The number of nitrogens with zero attached hydrogens (tertiary/aromatic N) is 1. The summed E-state index contributed by atoms with van der Waals surface area (Å²) in [6.45, 7) is 0.822. The first-order valence-electron chi connectivity index (χ1n) is 7.64. The lowest BCUT2D eigenvalue weighted by molar-refractivity contribution is -0.142. The van der Waals surface area contributed by atoms with Crippen LogP contribution in [0.4, 0.5) is 0 Å². The van der Waals surface area contributed by atoms with Crippen LogP contribution in [0, 0.1) is 5.92 Å². The third-order valence-corrected chi connectivity index (χ3v) is 6.85. The van der Waals surface area contributed by atoms with Gasteiger partial charge in [0.15, 0.2) is 11.5 Å². The van der Waals surface area contributed by atoms with Crippen LogP contribution in [0.1, 0.15) is 19.3 Å². The highest BCUT2D eigenvalue weighted by Gasteiger charge is 2.54. The van der Waals surface area contributed by atoms with E-state index >= 15 is 0 Å². The van der Waals surface area contributed by atoms with Crippen molar-refractivity contribution in [2.45, 2.75) is 36.2 Å². The summed E-state index contributed by atoms with van der Waals surface area (Å²) in [6, 6.07) is 3.89. The van der Waals surface area contributed by atoms with E-state index in [0.29, 0.717) is 37.6 Å². The minimum atomic E-state index is -3.74. The Morgan fingerprint density at radius 1 is 1.17 bits per heavy atom. The number of fused-ring (bicyclic) bond motifs is 3. The zero-order valence-corrected chi connectivity index (χ0v) is 13.2. The number of ether oxygens (including phenoxy) is 2. The van der Waals surface area contributed by atoms with E-state index in [1.807, 2.05) is 0 Å². The molecule has 0 aromatic heterocycles. The molecule has 0 amide bonds. The summed E-state index contributed by atoms with van der Waals surface area (Å²) < 4.78 is 38.2. The van der Waals surface area contributed by atoms with Crippen LogP contribution in [0.25, 0.3) is 0 Å². The Balaban J connectivity index is 1.70. The summed E-state index contributed by atoms with van der Waals surface area (Å²) in [6.07, 6.45) is 1.72. The maximum absolute atomic E-state index is 13.0. The van der Waals surface area contributed by atoms with Gasteiger partial charge in [0.25, 0.3) is 0 Å². The Bertz CT molecular complexity index is 761. The van der Waals surface area contributed by atoms with Crippen molar-refractivity contribution in [2.75, 3.05) is 13.2 Å². The van der Waals surface area contributed by atoms with E-state index in [4.69, 9.17) is 9.47 Å². The summed E-state index contributed by atoms with van der Waals surface area (Å²) in [5.41, 5.74) is 0. The number of carboxylic acid groups (broad SMARTS) is 1. The van der Waals surface area contributed by atoms with E-state index in [1.54, 1.807) is 6.07 Å². The lowest BCUT2D eigenvalue weighted by atomic mass is 9.89. The Morgan fingerprint density at radius 2 is 1.91 bits per heavy atom. The molecule has 0 aliphatic carbocycles.